The van der Waals surface area contributed by atoms with Gasteiger partial charge in [0.25, 0.3) is 5.91 Å². The molecule has 2 fully saturated rings. The van der Waals surface area contributed by atoms with Crippen LogP contribution in [0.2, 0.25) is 0 Å². The minimum Gasteiger partial charge on any atom is -0.477 e. The number of rotatable bonds is 10. The molecular weight excluding hydrogens is 516 g/mol. The van der Waals surface area contributed by atoms with Crippen LogP contribution in [0.5, 0.6) is 5.88 Å². The van der Waals surface area contributed by atoms with E-state index >= 15 is 0 Å². The minimum atomic E-state index is -3.42. The van der Waals surface area contributed by atoms with E-state index in [4.69, 9.17) is 9.47 Å². The molecule has 0 aromatic carbocycles. The van der Waals surface area contributed by atoms with Crippen LogP contribution in [0.3, 0.4) is 0 Å². The summed E-state index contributed by atoms with van der Waals surface area (Å²) < 4.78 is 38.5. The summed E-state index contributed by atoms with van der Waals surface area (Å²) in [5.41, 5.74) is 1.59. The second kappa shape index (κ2) is 11.1. The molecule has 1 aliphatic carbocycles. The maximum Gasteiger partial charge on any atom is 0.280 e. The van der Waals surface area contributed by atoms with Crippen molar-refractivity contribution in [2.24, 2.45) is 5.92 Å². The number of carbonyl (C=O) groups is 1. The fraction of sp³-hybridized carbons (Fsp3) is 0.458. The van der Waals surface area contributed by atoms with Gasteiger partial charge in [0.1, 0.15) is 5.69 Å². The fourth-order valence-electron chi connectivity index (χ4n) is 4.17. The third-order valence-electron chi connectivity index (χ3n) is 6.20. The van der Waals surface area contributed by atoms with Crippen LogP contribution in [0.4, 0.5) is 5.69 Å². The van der Waals surface area contributed by atoms with E-state index in [2.05, 4.69) is 30.0 Å². The minimum absolute atomic E-state index is 0.0775. The number of thiazole rings is 1. The maximum absolute atomic E-state index is 13.3. The summed E-state index contributed by atoms with van der Waals surface area (Å²) in [6, 6.07) is 2.88. The van der Waals surface area contributed by atoms with Gasteiger partial charge >= 0.3 is 0 Å². The molecule has 3 aromatic heterocycles. The molecule has 11 nitrogen and oxygen atoms in total. The molecule has 1 saturated carbocycles. The Morgan fingerprint density at radius 2 is 2.00 bits per heavy atom. The number of ether oxygens (including phenoxy) is 2. The van der Waals surface area contributed by atoms with E-state index in [0.717, 1.165) is 12.8 Å². The molecule has 37 heavy (non-hydrogen) atoms. The number of anilines is 1. The van der Waals surface area contributed by atoms with Gasteiger partial charge in [-0.15, -0.1) is 11.3 Å². The van der Waals surface area contributed by atoms with Crippen molar-refractivity contribution in [3.8, 4) is 16.5 Å². The Hall–Kier alpha value is -3.16. The summed E-state index contributed by atoms with van der Waals surface area (Å²) >= 11 is 1.21. The Bertz CT molecular complexity index is 1350. The summed E-state index contributed by atoms with van der Waals surface area (Å²) in [5.74, 6) is 0.142. The molecule has 5 rings (SSSR count). The first-order valence-corrected chi connectivity index (χ1v) is 14.6. The van der Waals surface area contributed by atoms with Gasteiger partial charge in [-0.05, 0) is 50.7 Å². The number of amides is 1. The lowest BCUT2D eigenvalue weighted by Gasteiger charge is -2.30. The Balaban J connectivity index is 1.36. The fourth-order valence-corrected chi connectivity index (χ4v) is 6.33. The normalized spacial score (nSPS) is 17.2. The first-order chi connectivity index (χ1) is 17.9. The van der Waals surface area contributed by atoms with E-state index in [1.165, 1.54) is 17.5 Å². The highest BCUT2D eigenvalue weighted by molar-refractivity contribution is 7.93. The number of carbonyl (C=O) groups excluding carboxylic acids is 1. The largest absolute Gasteiger partial charge is 0.477 e. The van der Waals surface area contributed by atoms with Gasteiger partial charge in [-0.3, -0.25) is 19.5 Å². The van der Waals surface area contributed by atoms with Crippen LogP contribution in [-0.2, 0) is 14.8 Å². The van der Waals surface area contributed by atoms with Crippen LogP contribution in [-0.4, -0.2) is 59.3 Å². The Morgan fingerprint density at radius 1 is 1.19 bits per heavy atom. The van der Waals surface area contributed by atoms with E-state index in [1.54, 1.807) is 30.7 Å². The highest BCUT2D eigenvalue weighted by atomic mass is 32.2. The second-order valence-electron chi connectivity index (χ2n) is 8.92. The van der Waals surface area contributed by atoms with Crippen molar-refractivity contribution in [2.45, 2.75) is 43.9 Å². The van der Waals surface area contributed by atoms with Gasteiger partial charge in [0.2, 0.25) is 15.9 Å². The van der Waals surface area contributed by atoms with Crippen molar-refractivity contribution in [1.82, 2.24) is 25.3 Å². The number of pyridine rings is 1. The lowest BCUT2D eigenvalue weighted by molar-refractivity contribution is 0.0508. The number of nitrogens with zero attached hydrogens (tertiary/aromatic N) is 4. The van der Waals surface area contributed by atoms with Gasteiger partial charge in [0.15, 0.2) is 5.01 Å². The Kier molecular flexibility index (Phi) is 7.63. The summed E-state index contributed by atoms with van der Waals surface area (Å²) in [4.78, 5) is 31.4. The maximum atomic E-state index is 13.3. The number of hydrogen-bond donors (Lipinski definition) is 2. The summed E-state index contributed by atoms with van der Waals surface area (Å²) in [6.07, 6.45) is 9.11. The van der Waals surface area contributed by atoms with Crippen molar-refractivity contribution >= 4 is 33.0 Å². The van der Waals surface area contributed by atoms with Crippen LogP contribution < -0.4 is 14.8 Å². The smallest absolute Gasteiger partial charge is 0.280 e. The zero-order valence-corrected chi connectivity index (χ0v) is 21.9. The van der Waals surface area contributed by atoms with Crippen molar-refractivity contribution < 1.29 is 22.7 Å². The molecule has 4 heterocycles. The topological polar surface area (TPSA) is 145 Å². The van der Waals surface area contributed by atoms with Gasteiger partial charge < -0.3 is 14.8 Å². The lowest BCUT2D eigenvalue weighted by Crippen LogP contribution is -2.36. The highest BCUT2D eigenvalue weighted by Gasteiger charge is 2.36. The van der Waals surface area contributed by atoms with Gasteiger partial charge in [0.05, 0.1) is 46.6 Å². The molecule has 1 amide bonds. The molecule has 0 bridgehead atoms. The van der Waals surface area contributed by atoms with Crippen molar-refractivity contribution in [1.29, 1.82) is 0 Å². The molecule has 2 aliphatic rings. The zero-order valence-electron chi connectivity index (χ0n) is 20.3. The van der Waals surface area contributed by atoms with Crippen LogP contribution >= 0.6 is 11.3 Å². The second-order valence-corrected chi connectivity index (χ2v) is 11.9. The molecular formula is C24H28N6O5S2. The zero-order chi connectivity index (χ0) is 25.8. The van der Waals surface area contributed by atoms with Crippen LogP contribution in [0, 0.1) is 5.92 Å². The van der Waals surface area contributed by atoms with E-state index in [-0.39, 0.29) is 22.1 Å². The van der Waals surface area contributed by atoms with Gasteiger partial charge in [0, 0.05) is 25.6 Å². The summed E-state index contributed by atoms with van der Waals surface area (Å²) in [7, 11) is -3.42. The average molecular weight is 545 g/mol. The van der Waals surface area contributed by atoms with E-state index in [1.807, 2.05) is 6.92 Å². The third kappa shape index (κ3) is 6.22. The SMILES string of the molecule is CCOc1cncc(-c2cnc(C(=O)N[C@@H](c3cc(NS(=O)(=O)C4CC4)ccn3)C3CCOCC3)s2)n1. The number of nitrogens with one attached hydrogen (secondary N) is 2. The monoisotopic (exact) mass is 544 g/mol. The Labute approximate surface area is 219 Å². The van der Waals surface area contributed by atoms with Gasteiger partial charge in [-0.25, -0.2) is 18.4 Å². The molecule has 3 aromatic rings. The average Bonchev–Trinajstić information content (AvgIpc) is 3.66. The van der Waals surface area contributed by atoms with Crippen molar-refractivity contribution in [3.63, 3.8) is 0 Å². The molecule has 0 radical (unpaired) electrons. The molecule has 0 unspecified atom stereocenters. The molecule has 13 heteroatoms. The molecule has 1 aliphatic heterocycles. The first-order valence-electron chi connectivity index (χ1n) is 12.2. The van der Waals surface area contributed by atoms with Crippen LogP contribution in [0.25, 0.3) is 10.6 Å². The number of aromatic nitrogens is 4. The van der Waals surface area contributed by atoms with Gasteiger partial charge in [-0.1, -0.05) is 0 Å². The summed E-state index contributed by atoms with van der Waals surface area (Å²) in [6.45, 7) is 3.51. The molecule has 0 spiro atoms. The number of hydrogen-bond acceptors (Lipinski definition) is 10. The molecule has 1 saturated heterocycles. The van der Waals surface area contributed by atoms with Crippen molar-refractivity contribution in [2.75, 3.05) is 24.5 Å². The molecule has 1 atom stereocenters. The predicted molar refractivity (Wildman–Crippen MR) is 138 cm³/mol. The van der Waals surface area contributed by atoms with E-state index < -0.39 is 16.1 Å². The van der Waals surface area contributed by atoms with Crippen LogP contribution in [0.15, 0.2) is 36.9 Å². The predicted octanol–water partition coefficient (Wildman–Crippen LogP) is 3.20. The highest BCUT2D eigenvalue weighted by Crippen LogP contribution is 2.33. The van der Waals surface area contributed by atoms with Gasteiger partial charge in [-0.2, -0.15) is 0 Å². The van der Waals surface area contributed by atoms with E-state index in [9.17, 15) is 13.2 Å². The van der Waals surface area contributed by atoms with Crippen LogP contribution in [0.1, 0.15) is 54.1 Å². The third-order valence-corrected chi connectivity index (χ3v) is 9.09. The quantitative estimate of drug-likeness (QED) is 0.393. The summed E-state index contributed by atoms with van der Waals surface area (Å²) in [5, 5.41) is 3.03. The van der Waals surface area contributed by atoms with Crippen molar-refractivity contribution in [3.05, 3.63) is 47.6 Å². The lowest BCUT2D eigenvalue weighted by atomic mass is 9.89. The van der Waals surface area contributed by atoms with E-state index in [0.29, 0.717) is 60.5 Å². The molecule has 2 N–H and O–H groups in total. The Morgan fingerprint density at radius 3 is 2.76 bits per heavy atom. The first kappa shape index (κ1) is 25.5. The standard InChI is InChI=1S/C24H28N6O5S2/c1-2-35-21-14-25-12-19(28-21)20-13-27-24(36-20)23(31)29-22(15-6-9-34-10-7-15)18-11-16(5-8-26-18)30-37(32,33)17-3-4-17/h5,8,11-15,17,22H,2-4,6-7,9-10H2,1H3,(H,26,30)(H,29,31)/t22-/m1/s1. The number of sulfonamides is 1. The molecule has 196 valence electrons.